The number of aromatic nitrogens is 4. The average Bonchev–Trinajstić information content (AvgIpc) is 2.65. The minimum atomic E-state index is -0.731. The van der Waals surface area contributed by atoms with Crippen LogP contribution >= 0.6 is 12.2 Å². The predicted octanol–water partition coefficient (Wildman–Crippen LogP) is 1.01. The van der Waals surface area contributed by atoms with Crippen molar-refractivity contribution in [1.82, 2.24) is 19.5 Å². The molecule has 0 radical (unpaired) electrons. The number of methoxy groups -OCH3 is 1. The molecule has 2 rings (SSSR count). The van der Waals surface area contributed by atoms with Gasteiger partial charge in [-0.2, -0.15) is 4.98 Å². The summed E-state index contributed by atoms with van der Waals surface area (Å²) in [5.74, 6) is 0.0107. The molecule has 3 N–H and O–H groups in total. The number of fused-ring (bicyclic) bond motifs is 1. The van der Waals surface area contributed by atoms with Crippen LogP contribution in [0.2, 0.25) is 0 Å². The van der Waals surface area contributed by atoms with Crippen LogP contribution in [-0.2, 0) is 11.3 Å². The number of nitrogens with one attached hydrogen (secondary N) is 1. The Morgan fingerprint density at radius 2 is 2.26 bits per heavy atom. The van der Waals surface area contributed by atoms with Gasteiger partial charge >= 0.3 is 0 Å². The second-order valence-corrected chi connectivity index (χ2v) is 5.23. The van der Waals surface area contributed by atoms with Crippen molar-refractivity contribution < 1.29 is 9.53 Å². The first kappa shape index (κ1) is 13.5. The van der Waals surface area contributed by atoms with Crippen molar-refractivity contribution in [1.29, 1.82) is 0 Å². The minimum Gasteiger partial charge on any atom is -0.479 e. The first-order chi connectivity index (χ1) is 8.86. The van der Waals surface area contributed by atoms with Gasteiger partial charge in [-0.05, 0) is 26.1 Å². The third kappa shape index (κ3) is 2.30. The fourth-order valence-corrected chi connectivity index (χ4v) is 1.97. The van der Waals surface area contributed by atoms with E-state index in [0.29, 0.717) is 28.4 Å². The van der Waals surface area contributed by atoms with Crippen LogP contribution in [0.5, 0.6) is 5.88 Å². The molecule has 0 aliphatic carbocycles. The second-order valence-electron chi connectivity index (χ2n) is 4.85. The van der Waals surface area contributed by atoms with E-state index in [1.807, 2.05) is 0 Å². The molecule has 7 nitrogen and oxygen atoms in total. The number of primary amides is 1. The van der Waals surface area contributed by atoms with E-state index in [0.717, 1.165) is 0 Å². The van der Waals surface area contributed by atoms with Crippen LogP contribution in [0.1, 0.15) is 13.8 Å². The monoisotopic (exact) mass is 281 g/mol. The fourth-order valence-electron chi connectivity index (χ4n) is 1.72. The largest absolute Gasteiger partial charge is 0.479 e. The minimum absolute atomic E-state index is 0.335. The van der Waals surface area contributed by atoms with Gasteiger partial charge in [0.1, 0.15) is 11.8 Å². The third-order valence-electron chi connectivity index (χ3n) is 2.94. The van der Waals surface area contributed by atoms with Crippen molar-refractivity contribution in [3.8, 4) is 5.88 Å². The van der Waals surface area contributed by atoms with Crippen LogP contribution in [0.15, 0.2) is 6.33 Å². The second kappa shape index (κ2) is 4.61. The molecule has 8 heteroatoms. The summed E-state index contributed by atoms with van der Waals surface area (Å²) in [6.45, 7) is 3.85. The van der Waals surface area contributed by atoms with E-state index in [-0.39, 0.29) is 0 Å². The molecule has 102 valence electrons. The molecule has 2 aromatic heterocycles. The van der Waals surface area contributed by atoms with Gasteiger partial charge in [0, 0.05) is 6.54 Å². The SMILES string of the molecule is COc1ncnc2c1[nH]c(=S)n2CC(C)(C)C(N)=O. The van der Waals surface area contributed by atoms with E-state index >= 15 is 0 Å². The first-order valence-corrected chi connectivity index (χ1v) is 6.05. The normalized spacial score (nSPS) is 11.7. The highest BCUT2D eigenvalue weighted by Crippen LogP contribution is 2.24. The number of hydrogen-bond acceptors (Lipinski definition) is 5. The molecule has 0 saturated carbocycles. The average molecular weight is 281 g/mol. The van der Waals surface area contributed by atoms with Gasteiger partial charge in [0.05, 0.1) is 12.5 Å². The van der Waals surface area contributed by atoms with Crippen molar-refractivity contribution in [3.63, 3.8) is 0 Å². The van der Waals surface area contributed by atoms with E-state index in [4.69, 9.17) is 22.7 Å². The topological polar surface area (TPSA) is 98.8 Å². The number of hydrogen-bond donors (Lipinski definition) is 2. The van der Waals surface area contributed by atoms with E-state index in [2.05, 4.69) is 15.0 Å². The zero-order valence-corrected chi connectivity index (χ0v) is 11.7. The molecule has 1 amide bonds. The molecule has 0 aromatic carbocycles. The van der Waals surface area contributed by atoms with Crippen LogP contribution in [0.4, 0.5) is 0 Å². The number of carbonyl (C=O) groups excluding carboxylic acids is 1. The van der Waals surface area contributed by atoms with Gasteiger partial charge in [0.25, 0.3) is 0 Å². The lowest BCUT2D eigenvalue weighted by molar-refractivity contribution is -0.126. The van der Waals surface area contributed by atoms with E-state index in [1.165, 1.54) is 13.4 Å². The standard InChI is InChI=1S/C11H15N5O2S/c1-11(2,9(12)17)4-16-7-6(15-10(16)19)8(18-3)14-5-13-7/h5H,4H2,1-3H3,(H2,12,17)(H,15,19). The number of rotatable bonds is 4. The summed E-state index contributed by atoms with van der Waals surface area (Å²) in [6, 6.07) is 0. The number of nitrogens with zero attached hydrogens (tertiary/aromatic N) is 3. The van der Waals surface area contributed by atoms with Gasteiger partial charge in [-0.1, -0.05) is 0 Å². The summed E-state index contributed by atoms with van der Waals surface area (Å²) in [6.07, 6.45) is 1.39. The first-order valence-electron chi connectivity index (χ1n) is 5.64. The van der Waals surface area contributed by atoms with E-state index < -0.39 is 11.3 Å². The Kier molecular flexibility index (Phi) is 3.27. The molecule has 0 unspecified atom stereocenters. The molecular formula is C11H15N5O2S. The van der Waals surface area contributed by atoms with Crippen molar-refractivity contribution >= 4 is 29.3 Å². The number of ether oxygens (including phenoxy) is 1. The molecule has 2 heterocycles. The third-order valence-corrected chi connectivity index (χ3v) is 3.26. The number of H-pyrrole nitrogens is 1. The maximum atomic E-state index is 11.4. The van der Waals surface area contributed by atoms with Crippen LogP contribution in [-0.4, -0.2) is 32.5 Å². The number of carbonyl (C=O) groups is 1. The Hall–Kier alpha value is -1.96. The molecule has 0 bridgehead atoms. The van der Waals surface area contributed by atoms with Crippen LogP contribution in [0.25, 0.3) is 11.2 Å². The summed E-state index contributed by atoms with van der Waals surface area (Å²) in [5, 5.41) is 0. The lowest BCUT2D eigenvalue weighted by Crippen LogP contribution is -2.35. The summed E-state index contributed by atoms with van der Waals surface area (Å²) < 4.78 is 7.31. The van der Waals surface area contributed by atoms with Crippen molar-refractivity contribution in [3.05, 3.63) is 11.1 Å². The number of aromatic amines is 1. The summed E-state index contributed by atoms with van der Waals surface area (Å²) in [5.41, 5.74) is 5.85. The lowest BCUT2D eigenvalue weighted by atomic mass is 9.93. The van der Waals surface area contributed by atoms with Gasteiger partial charge in [0.15, 0.2) is 10.4 Å². The van der Waals surface area contributed by atoms with Crippen molar-refractivity contribution in [2.45, 2.75) is 20.4 Å². The zero-order valence-electron chi connectivity index (χ0n) is 10.9. The quantitative estimate of drug-likeness (QED) is 0.815. The highest BCUT2D eigenvalue weighted by atomic mass is 32.1. The molecule has 0 aliphatic rings. The molecule has 0 atom stereocenters. The zero-order chi connectivity index (χ0) is 14.2. The van der Waals surface area contributed by atoms with Gasteiger partial charge < -0.3 is 20.0 Å². The van der Waals surface area contributed by atoms with Crippen molar-refractivity contribution in [2.24, 2.45) is 11.1 Å². The number of amides is 1. The van der Waals surface area contributed by atoms with Gasteiger partial charge in [-0.15, -0.1) is 0 Å². The van der Waals surface area contributed by atoms with Crippen molar-refractivity contribution in [2.75, 3.05) is 7.11 Å². The Bertz CT molecular complexity index is 688. The number of nitrogens with two attached hydrogens (primary N) is 1. The summed E-state index contributed by atoms with van der Waals surface area (Å²) in [4.78, 5) is 22.6. The molecular weight excluding hydrogens is 266 g/mol. The Labute approximate surface area is 114 Å². The Morgan fingerprint density at radius 3 is 2.84 bits per heavy atom. The van der Waals surface area contributed by atoms with E-state index in [9.17, 15) is 4.79 Å². The number of imidazole rings is 1. The van der Waals surface area contributed by atoms with Crippen LogP contribution < -0.4 is 10.5 Å². The van der Waals surface area contributed by atoms with Gasteiger partial charge in [-0.3, -0.25) is 4.79 Å². The molecule has 19 heavy (non-hydrogen) atoms. The highest BCUT2D eigenvalue weighted by molar-refractivity contribution is 7.71. The molecule has 2 aromatic rings. The van der Waals surface area contributed by atoms with E-state index in [1.54, 1.807) is 18.4 Å². The summed E-state index contributed by atoms with van der Waals surface area (Å²) >= 11 is 5.25. The maximum absolute atomic E-state index is 11.4. The highest BCUT2D eigenvalue weighted by Gasteiger charge is 2.27. The maximum Gasteiger partial charge on any atom is 0.242 e. The Morgan fingerprint density at radius 1 is 1.58 bits per heavy atom. The lowest BCUT2D eigenvalue weighted by Gasteiger charge is -2.20. The predicted molar refractivity (Wildman–Crippen MR) is 72.2 cm³/mol. The van der Waals surface area contributed by atoms with Gasteiger partial charge in [-0.25, -0.2) is 4.98 Å². The molecule has 0 saturated heterocycles. The molecule has 0 fully saturated rings. The molecule has 0 spiro atoms. The van der Waals surface area contributed by atoms with Gasteiger partial charge in [0.2, 0.25) is 11.8 Å². The van der Waals surface area contributed by atoms with Crippen LogP contribution in [0.3, 0.4) is 0 Å². The fraction of sp³-hybridized carbons (Fsp3) is 0.455. The summed E-state index contributed by atoms with van der Waals surface area (Å²) in [7, 11) is 1.52. The molecule has 0 aliphatic heterocycles. The van der Waals surface area contributed by atoms with Crippen LogP contribution in [0, 0.1) is 10.2 Å². The smallest absolute Gasteiger partial charge is 0.242 e. The Balaban J connectivity index is 2.59.